The summed E-state index contributed by atoms with van der Waals surface area (Å²) in [5.74, 6) is 13.0. The lowest BCUT2D eigenvalue weighted by Gasteiger charge is -2.14. The highest BCUT2D eigenvalue weighted by Gasteiger charge is 2.21. The molecule has 1 aliphatic rings. The van der Waals surface area contributed by atoms with E-state index in [1.54, 1.807) is 11.8 Å². The second-order valence-corrected chi connectivity index (χ2v) is 10.9. The third-order valence-corrected chi connectivity index (χ3v) is 7.73. The molecule has 198 valence electrons. The van der Waals surface area contributed by atoms with Crippen LogP contribution in [0, 0.1) is 23.7 Å². The van der Waals surface area contributed by atoms with Crippen molar-refractivity contribution in [2.45, 2.75) is 29.1 Å². The Kier molecular flexibility index (Phi) is 8.99. The zero-order valence-electron chi connectivity index (χ0n) is 21.6. The van der Waals surface area contributed by atoms with Gasteiger partial charge in [-0.1, -0.05) is 46.8 Å². The average Bonchev–Trinajstić information content (AvgIpc) is 3.47. The second kappa shape index (κ2) is 13.0. The quantitative estimate of drug-likeness (QED) is 0.181. The SMILES string of the molecule is COC(=O)COc1ccc(Sc2cc(C#Cc3ccc(Cl)cc3)nc(C#Cc3ccc(Cl)cc3)c2)c2c1CCC2. The second-order valence-electron chi connectivity index (χ2n) is 8.93. The first-order valence-corrected chi connectivity index (χ1v) is 14.1. The summed E-state index contributed by atoms with van der Waals surface area (Å²) in [6, 6.07) is 22.7. The summed E-state index contributed by atoms with van der Waals surface area (Å²) in [5, 5.41) is 1.33. The van der Waals surface area contributed by atoms with E-state index in [2.05, 4.69) is 23.7 Å². The fourth-order valence-corrected chi connectivity index (χ4v) is 5.56. The van der Waals surface area contributed by atoms with Crippen LogP contribution in [0.4, 0.5) is 0 Å². The number of esters is 1. The molecule has 4 nitrogen and oxygen atoms in total. The van der Waals surface area contributed by atoms with Crippen LogP contribution in [0.5, 0.6) is 5.75 Å². The number of pyridine rings is 1. The van der Waals surface area contributed by atoms with Gasteiger partial charge < -0.3 is 9.47 Å². The highest BCUT2D eigenvalue weighted by atomic mass is 35.5. The predicted molar refractivity (Wildman–Crippen MR) is 159 cm³/mol. The number of methoxy groups -OCH3 is 1. The van der Waals surface area contributed by atoms with Crippen LogP contribution in [-0.2, 0) is 22.4 Å². The largest absolute Gasteiger partial charge is 0.482 e. The molecule has 1 aliphatic carbocycles. The van der Waals surface area contributed by atoms with Gasteiger partial charge in [0, 0.05) is 31.0 Å². The number of halogens is 2. The fraction of sp³-hybridized carbons (Fsp3) is 0.152. The Bertz CT molecular complexity index is 1600. The minimum atomic E-state index is -0.401. The molecule has 0 unspecified atom stereocenters. The van der Waals surface area contributed by atoms with Crippen molar-refractivity contribution in [3.63, 3.8) is 0 Å². The maximum Gasteiger partial charge on any atom is 0.343 e. The Labute approximate surface area is 248 Å². The van der Waals surface area contributed by atoms with E-state index in [0.717, 1.165) is 51.5 Å². The van der Waals surface area contributed by atoms with Crippen LogP contribution in [0.15, 0.2) is 82.6 Å². The first-order chi connectivity index (χ1) is 19.5. The number of hydrogen-bond donors (Lipinski definition) is 0. The Morgan fingerprint density at radius 1 is 0.825 bits per heavy atom. The zero-order chi connectivity index (χ0) is 27.9. The molecule has 40 heavy (non-hydrogen) atoms. The summed E-state index contributed by atoms with van der Waals surface area (Å²) in [6.45, 7) is -0.106. The molecule has 0 saturated carbocycles. The van der Waals surface area contributed by atoms with E-state index in [4.69, 9.17) is 37.7 Å². The number of ether oxygens (including phenoxy) is 2. The molecule has 0 N–H and O–H groups in total. The van der Waals surface area contributed by atoms with Crippen LogP contribution in [-0.4, -0.2) is 24.7 Å². The lowest BCUT2D eigenvalue weighted by atomic mass is 10.1. The van der Waals surface area contributed by atoms with Crippen molar-refractivity contribution in [1.82, 2.24) is 4.98 Å². The van der Waals surface area contributed by atoms with E-state index < -0.39 is 5.97 Å². The lowest BCUT2D eigenvalue weighted by molar-refractivity contribution is -0.142. The lowest BCUT2D eigenvalue weighted by Crippen LogP contribution is -2.13. The maximum atomic E-state index is 11.6. The average molecular weight is 585 g/mol. The molecule has 1 aromatic heterocycles. The molecule has 0 bridgehead atoms. The van der Waals surface area contributed by atoms with Crippen molar-refractivity contribution < 1.29 is 14.3 Å². The fourth-order valence-electron chi connectivity index (χ4n) is 4.22. The molecule has 0 radical (unpaired) electrons. The minimum Gasteiger partial charge on any atom is -0.482 e. The zero-order valence-corrected chi connectivity index (χ0v) is 23.9. The Hall–Kier alpha value is -3.87. The highest BCUT2D eigenvalue weighted by molar-refractivity contribution is 7.99. The molecule has 0 aliphatic heterocycles. The topological polar surface area (TPSA) is 48.4 Å². The van der Waals surface area contributed by atoms with E-state index in [0.29, 0.717) is 21.4 Å². The molecule has 0 atom stereocenters. The first-order valence-electron chi connectivity index (χ1n) is 12.6. The van der Waals surface area contributed by atoms with Crippen LogP contribution in [0.1, 0.15) is 40.1 Å². The number of nitrogens with zero attached hydrogens (tertiary/aromatic N) is 1. The van der Waals surface area contributed by atoms with Crippen molar-refractivity contribution >= 4 is 40.9 Å². The summed E-state index contributed by atoms with van der Waals surface area (Å²) in [4.78, 5) is 18.4. The molecule has 5 rings (SSSR count). The van der Waals surface area contributed by atoms with Crippen molar-refractivity contribution in [3.8, 4) is 29.4 Å². The Balaban J connectivity index is 1.47. The molecule has 4 aromatic rings. The number of carbonyl (C=O) groups is 1. The van der Waals surface area contributed by atoms with Gasteiger partial charge >= 0.3 is 5.97 Å². The Morgan fingerprint density at radius 3 is 1.98 bits per heavy atom. The van der Waals surface area contributed by atoms with Crippen molar-refractivity contribution in [2.24, 2.45) is 0 Å². The smallest absolute Gasteiger partial charge is 0.343 e. The molecule has 3 aromatic carbocycles. The van der Waals surface area contributed by atoms with Gasteiger partial charge in [-0.2, -0.15) is 0 Å². The third-order valence-electron chi connectivity index (χ3n) is 6.16. The van der Waals surface area contributed by atoms with Gasteiger partial charge in [0.15, 0.2) is 6.61 Å². The Morgan fingerprint density at radius 2 is 1.40 bits per heavy atom. The number of carbonyl (C=O) groups excluding carboxylic acids is 1. The number of fused-ring (bicyclic) bond motifs is 1. The van der Waals surface area contributed by atoms with Crippen molar-refractivity contribution in [1.29, 1.82) is 0 Å². The van der Waals surface area contributed by atoms with Crippen LogP contribution >= 0.6 is 35.0 Å². The van der Waals surface area contributed by atoms with E-state index in [9.17, 15) is 4.79 Å². The molecule has 0 fully saturated rings. The molecular formula is C33H23Cl2NO3S. The van der Waals surface area contributed by atoms with Gasteiger partial charge in [0.25, 0.3) is 0 Å². The third kappa shape index (κ3) is 7.20. The molecule has 0 amide bonds. The number of aromatic nitrogens is 1. The van der Waals surface area contributed by atoms with Gasteiger partial charge in [0.1, 0.15) is 17.1 Å². The van der Waals surface area contributed by atoms with E-state index >= 15 is 0 Å². The van der Waals surface area contributed by atoms with Gasteiger partial charge in [-0.3, -0.25) is 0 Å². The van der Waals surface area contributed by atoms with Crippen LogP contribution in [0.2, 0.25) is 10.0 Å². The van der Waals surface area contributed by atoms with E-state index in [1.807, 2.05) is 72.8 Å². The molecule has 0 spiro atoms. The summed E-state index contributed by atoms with van der Waals surface area (Å²) in [6.07, 6.45) is 2.89. The first kappa shape index (κ1) is 27.7. The van der Waals surface area contributed by atoms with Gasteiger partial charge in [-0.15, -0.1) is 0 Å². The number of rotatable bonds is 5. The van der Waals surface area contributed by atoms with Crippen LogP contribution < -0.4 is 4.74 Å². The van der Waals surface area contributed by atoms with Crippen LogP contribution in [0.3, 0.4) is 0 Å². The summed E-state index contributed by atoms with van der Waals surface area (Å²) >= 11 is 13.7. The van der Waals surface area contributed by atoms with E-state index in [1.165, 1.54) is 12.7 Å². The summed E-state index contributed by atoms with van der Waals surface area (Å²) in [7, 11) is 1.35. The van der Waals surface area contributed by atoms with Gasteiger partial charge in [0.05, 0.1) is 7.11 Å². The molecular weight excluding hydrogens is 561 g/mol. The molecule has 0 saturated heterocycles. The van der Waals surface area contributed by atoms with Gasteiger partial charge in [-0.05, 0) is 115 Å². The van der Waals surface area contributed by atoms with E-state index in [-0.39, 0.29) is 6.61 Å². The number of benzene rings is 3. The van der Waals surface area contributed by atoms with Crippen molar-refractivity contribution in [3.05, 3.63) is 116 Å². The number of hydrogen-bond acceptors (Lipinski definition) is 5. The summed E-state index contributed by atoms with van der Waals surface area (Å²) in [5.41, 5.74) is 5.32. The summed E-state index contributed by atoms with van der Waals surface area (Å²) < 4.78 is 10.5. The van der Waals surface area contributed by atoms with Gasteiger partial charge in [-0.25, -0.2) is 9.78 Å². The van der Waals surface area contributed by atoms with Gasteiger partial charge in [0.2, 0.25) is 0 Å². The molecule has 7 heteroatoms. The normalized spacial score (nSPS) is 11.5. The minimum absolute atomic E-state index is 0.106. The molecule has 1 heterocycles. The standard InChI is InChI=1S/C33H23Cl2NO3S/c1-38-33(37)21-39-31-17-18-32(30-4-2-3-29(30)31)40-28-19-26(15-9-22-5-11-24(34)12-6-22)36-27(20-28)16-10-23-7-13-25(35)14-8-23/h5-8,11-14,17-20H,2-4,21H2,1H3. The van der Waals surface area contributed by atoms with Crippen LogP contribution in [0.25, 0.3) is 0 Å². The monoisotopic (exact) mass is 583 g/mol. The predicted octanol–water partition coefficient (Wildman–Crippen LogP) is 7.38. The highest BCUT2D eigenvalue weighted by Crippen LogP contribution is 2.40. The van der Waals surface area contributed by atoms with Crippen molar-refractivity contribution in [2.75, 3.05) is 13.7 Å². The maximum absolute atomic E-state index is 11.6.